The Labute approximate surface area is 257 Å². The van der Waals surface area contributed by atoms with E-state index in [-0.39, 0.29) is 21.1 Å². The topological polar surface area (TPSA) is 39.9 Å². The van der Waals surface area contributed by atoms with Gasteiger partial charge in [-0.3, -0.25) is 9.97 Å². The zero-order chi connectivity index (χ0) is 27.2. The van der Waals surface area contributed by atoms with Crippen molar-refractivity contribution in [3.63, 3.8) is 0 Å². The molecule has 0 amide bonds. The summed E-state index contributed by atoms with van der Waals surface area (Å²) in [5.41, 5.74) is 3.78. The Bertz CT molecular complexity index is 2380. The van der Waals surface area contributed by atoms with E-state index in [0.717, 1.165) is 76.3 Å². The number of pyridine rings is 2. The summed E-state index contributed by atoms with van der Waals surface area (Å²) in [4.78, 5) is 14.6. The van der Waals surface area contributed by atoms with Gasteiger partial charge in [0, 0.05) is 23.5 Å². The molecule has 0 bridgehead atoms. The largest absolute Gasteiger partial charge is 2.00 e. The molecule has 8 aromatic rings. The second-order valence-electron chi connectivity index (χ2n) is 10.2. The summed E-state index contributed by atoms with van der Waals surface area (Å²) < 4.78 is 0. The Morgan fingerprint density at radius 2 is 1.17 bits per heavy atom. The molecule has 8 rings (SSSR count). The van der Waals surface area contributed by atoms with Gasteiger partial charge in [0.25, 0.3) is 0 Å². The second kappa shape index (κ2) is 10.9. The van der Waals surface area contributed by atoms with Crippen LogP contribution in [0, 0.1) is 6.07 Å². The van der Waals surface area contributed by atoms with E-state index in [1.807, 2.05) is 24.5 Å². The summed E-state index contributed by atoms with van der Waals surface area (Å²) in [6.07, 6.45) is 8.03. The SMILES string of the molecule is [Pt+2].[c-]1c(/C=c2\[n-]/c(=C\c3nccc4ccccc34)c3ccccc23)cc2ccccc2c1-c1cc2ccccc2cn1. The molecule has 0 aliphatic carbocycles. The van der Waals surface area contributed by atoms with Crippen molar-refractivity contribution in [3.8, 4) is 11.3 Å². The Morgan fingerprint density at radius 1 is 0.548 bits per heavy atom. The first-order valence-corrected chi connectivity index (χ1v) is 13.7. The van der Waals surface area contributed by atoms with Gasteiger partial charge < -0.3 is 4.98 Å². The molecule has 0 N–H and O–H groups in total. The quantitative estimate of drug-likeness (QED) is 0.182. The molecular formula is C38H23N3Pt. The Morgan fingerprint density at radius 3 is 1.95 bits per heavy atom. The Hall–Kier alpha value is -4.85. The third kappa shape index (κ3) is 4.62. The van der Waals surface area contributed by atoms with Gasteiger partial charge in [-0.05, 0) is 39.1 Å². The number of hydrogen-bond donors (Lipinski definition) is 0. The van der Waals surface area contributed by atoms with Crippen molar-refractivity contribution < 1.29 is 21.1 Å². The summed E-state index contributed by atoms with van der Waals surface area (Å²) in [6, 6.07) is 43.5. The third-order valence-electron chi connectivity index (χ3n) is 7.69. The van der Waals surface area contributed by atoms with Crippen molar-refractivity contribution in [2.75, 3.05) is 0 Å². The fraction of sp³-hybridized carbons (Fsp3) is 0. The monoisotopic (exact) mass is 716 g/mol. The smallest absolute Gasteiger partial charge is 0.663 e. The fourth-order valence-electron chi connectivity index (χ4n) is 5.70. The van der Waals surface area contributed by atoms with Crippen molar-refractivity contribution in [1.29, 1.82) is 0 Å². The molecule has 4 heteroatoms. The van der Waals surface area contributed by atoms with E-state index in [4.69, 9.17) is 9.97 Å². The molecule has 0 saturated heterocycles. The van der Waals surface area contributed by atoms with Crippen LogP contribution in [-0.4, -0.2) is 9.97 Å². The molecule has 3 heterocycles. The number of nitrogens with zero attached hydrogens (tertiary/aromatic N) is 3. The molecule has 0 aliphatic rings. The number of aromatic nitrogens is 3. The van der Waals surface area contributed by atoms with Gasteiger partial charge in [-0.15, -0.1) is 29.1 Å². The van der Waals surface area contributed by atoms with Crippen LogP contribution in [0.1, 0.15) is 11.3 Å². The molecule has 0 fully saturated rings. The normalized spacial score (nSPS) is 12.4. The molecule has 42 heavy (non-hydrogen) atoms. The van der Waals surface area contributed by atoms with Gasteiger partial charge in [-0.2, -0.15) is 5.35 Å². The van der Waals surface area contributed by atoms with Crippen LogP contribution >= 0.6 is 0 Å². The van der Waals surface area contributed by atoms with E-state index in [2.05, 4.69) is 126 Å². The zero-order valence-electron chi connectivity index (χ0n) is 22.4. The molecule has 0 saturated carbocycles. The van der Waals surface area contributed by atoms with Crippen molar-refractivity contribution >= 4 is 55.2 Å². The Kier molecular flexibility index (Phi) is 6.74. The molecule has 5 aromatic carbocycles. The number of fused-ring (bicyclic) bond motifs is 4. The predicted octanol–water partition coefficient (Wildman–Crippen LogP) is 7.17. The van der Waals surface area contributed by atoms with Crippen molar-refractivity contribution in [2.24, 2.45) is 0 Å². The van der Waals surface area contributed by atoms with Gasteiger partial charge in [0.05, 0.1) is 5.69 Å². The molecule has 0 atom stereocenters. The molecule has 0 spiro atoms. The van der Waals surface area contributed by atoms with Crippen LogP contribution in [0.5, 0.6) is 0 Å². The van der Waals surface area contributed by atoms with Crippen LogP contribution < -0.4 is 15.7 Å². The first-order valence-electron chi connectivity index (χ1n) is 13.7. The number of rotatable bonds is 3. The van der Waals surface area contributed by atoms with Crippen LogP contribution in [0.2, 0.25) is 0 Å². The molecular weight excluding hydrogens is 694 g/mol. The maximum atomic E-state index is 5.12. The van der Waals surface area contributed by atoms with E-state index < -0.39 is 0 Å². The molecule has 0 radical (unpaired) electrons. The first-order chi connectivity index (χ1) is 20.3. The summed E-state index contributed by atoms with van der Waals surface area (Å²) in [7, 11) is 0. The number of hydrogen-bond acceptors (Lipinski definition) is 2. The van der Waals surface area contributed by atoms with Crippen LogP contribution in [0.3, 0.4) is 0 Å². The molecule has 3 nitrogen and oxygen atoms in total. The minimum atomic E-state index is 0. The summed E-state index contributed by atoms with van der Waals surface area (Å²) >= 11 is 0. The Balaban J connectivity index is 0.00000288. The zero-order valence-corrected chi connectivity index (χ0v) is 24.7. The first kappa shape index (κ1) is 26.1. The minimum absolute atomic E-state index is 0. The van der Waals surface area contributed by atoms with Gasteiger partial charge in [-0.25, -0.2) is 0 Å². The maximum absolute atomic E-state index is 5.12. The van der Waals surface area contributed by atoms with Crippen LogP contribution in [0.4, 0.5) is 0 Å². The van der Waals surface area contributed by atoms with Gasteiger partial charge >= 0.3 is 21.1 Å². The third-order valence-corrected chi connectivity index (χ3v) is 7.69. The standard InChI is InChI=1S/C38H23N3.Pt/c1-2-12-29-24-40-35(22-27(29)10-1)34-20-25(19-28-11-4-5-13-30(28)34)21-37-32-15-7-8-16-33(32)38(41-37)23-36-31-14-6-3-9-26(31)17-18-39-36;/h1-19,21-24H;/q-2;+2/b37-21-,38-23-;. The fourth-order valence-corrected chi connectivity index (χ4v) is 5.70. The minimum Gasteiger partial charge on any atom is -0.663 e. The van der Waals surface area contributed by atoms with Gasteiger partial charge in [0.1, 0.15) is 0 Å². The van der Waals surface area contributed by atoms with E-state index in [1.165, 1.54) is 0 Å². The van der Waals surface area contributed by atoms with E-state index in [9.17, 15) is 0 Å². The van der Waals surface area contributed by atoms with Gasteiger partial charge in [0.15, 0.2) is 0 Å². The maximum Gasteiger partial charge on any atom is 2.00 e. The molecule has 200 valence electrons. The second-order valence-corrected chi connectivity index (χ2v) is 10.2. The average molecular weight is 717 g/mol. The number of benzene rings is 5. The summed E-state index contributed by atoms with van der Waals surface area (Å²) in [6.45, 7) is 0. The summed E-state index contributed by atoms with van der Waals surface area (Å²) in [5, 5.41) is 10.9. The van der Waals surface area contributed by atoms with Gasteiger partial charge in [-0.1, -0.05) is 119 Å². The van der Waals surface area contributed by atoms with E-state index in [0.29, 0.717) is 0 Å². The summed E-state index contributed by atoms with van der Waals surface area (Å²) in [5.74, 6) is 0. The molecule has 3 aromatic heterocycles. The van der Waals surface area contributed by atoms with Crippen LogP contribution in [0.25, 0.3) is 66.5 Å². The predicted molar refractivity (Wildman–Crippen MR) is 169 cm³/mol. The van der Waals surface area contributed by atoms with Gasteiger partial charge in [0.2, 0.25) is 0 Å². The molecule has 0 aliphatic heterocycles. The van der Waals surface area contributed by atoms with Crippen molar-refractivity contribution in [3.05, 3.63) is 156 Å². The van der Waals surface area contributed by atoms with Crippen molar-refractivity contribution in [2.45, 2.75) is 0 Å². The van der Waals surface area contributed by atoms with Crippen molar-refractivity contribution in [1.82, 2.24) is 15.0 Å². The van der Waals surface area contributed by atoms with Crippen LogP contribution in [-0.2, 0) is 21.1 Å². The molecule has 0 unspecified atom stereocenters. The average Bonchev–Trinajstić information content (AvgIpc) is 3.37. The van der Waals surface area contributed by atoms with Crippen LogP contribution in [0.15, 0.2) is 128 Å². The van der Waals surface area contributed by atoms with E-state index >= 15 is 0 Å². The van der Waals surface area contributed by atoms with E-state index in [1.54, 1.807) is 0 Å².